The zero-order valence-electron chi connectivity index (χ0n) is 6.60. The molecule has 0 aromatic carbocycles. The van der Waals surface area contributed by atoms with Crippen molar-refractivity contribution in [3.8, 4) is 0 Å². The molecule has 0 aromatic heterocycles. The predicted octanol–water partition coefficient (Wildman–Crippen LogP) is -0.356. The van der Waals surface area contributed by atoms with Gasteiger partial charge in [-0.25, -0.2) is 0 Å². The summed E-state index contributed by atoms with van der Waals surface area (Å²) in [6.45, 7) is 4.03. The molecule has 0 heterocycles. The highest BCUT2D eigenvalue weighted by atomic mass is 35.5. The second kappa shape index (κ2) is 6.67. The third-order valence-corrected chi connectivity index (χ3v) is 1.30. The highest BCUT2D eigenvalue weighted by Gasteiger charge is 1.96. The molecule has 0 rings (SSSR count). The molecule has 0 spiro atoms. The molecule has 0 aliphatic rings. The summed E-state index contributed by atoms with van der Waals surface area (Å²) in [7, 11) is 0. The number of rotatable bonds is 5. The maximum absolute atomic E-state index is 10.6. The summed E-state index contributed by atoms with van der Waals surface area (Å²) in [6, 6.07) is 0. The zero-order chi connectivity index (χ0) is 9.40. The number of hydrogen-bond acceptors (Lipinski definition) is 2. The van der Waals surface area contributed by atoms with Crippen LogP contribution >= 0.6 is 11.6 Å². The summed E-state index contributed by atoms with van der Waals surface area (Å²) in [5.41, 5.74) is 0. The Morgan fingerprint density at radius 1 is 1.33 bits per heavy atom. The maximum atomic E-state index is 10.6. The van der Waals surface area contributed by atoms with Gasteiger partial charge in [0.15, 0.2) is 0 Å². The van der Waals surface area contributed by atoms with Crippen molar-refractivity contribution in [2.45, 2.75) is 0 Å². The van der Waals surface area contributed by atoms with Crippen LogP contribution in [0.3, 0.4) is 0 Å². The van der Waals surface area contributed by atoms with E-state index in [0.717, 1.165) is 0 Å². The molecule has 0 aliphatic heterocycles. The van der Waals surface area contributed by atoms with Crippen molar-refractivity contribution in [2.24, 2.45) is 0 Å². The minimum atomic E-state index is -0.255. The molecule has 4 nitrogen and oxygen atoms in total. The lowest BCUT2D eigenvalue weighted by Crippen LogP contribution is -2.34. The van der Waals surface area contributed by atoms with Gasteiger partial charge in [-0.1, -0.05) is 6.58 Å². The summed E-state index contributed by atoms with van der Waals surface area (Å²) < 4.78 is 0. The van der Waals surface area contributed by atoms with Crippen molar-refractivity contribution in [1.29, 1.82) is 0 Å². The summed E-state index contributed by atoms with van der Waals surface area (Å²) in [4.78, 5) is 21.1. The van der Waals surface area contributed by atoms with Gasteiger partial charge >= 0.3 is 0 Å². The van der Waals surface area contributed by atoms with Crippen LogP contribution in [0.15, 0.2) is 12.7 Å². The lowest BCUT2D eigenvalue weighted by molar-refractivity contribution is -0.119. The van der Waals surface area contributed by atoms with E-state index >= 15 is 0 Å². The summed E-state index contributed by atoms with van der Waals surface area (Å²) in [6.07, 6.45) is 1.17. The van der Waals surface area contributed by atoms with Crippen LogP contribution < -0.4 is 10.6 Å². The molecular formula is C7H11ClN2O2. The van der Waals surface area contributed by atoms with E-state index in [4.69, 9.17) is 11.6 Å². The van der Waals surface area contributed by atoms with Gasteiger partial charge in [-0.05, 0) is 6.08 Å². The number of carbonyl (C=O) groups is 2. The highest BCUT2D eigenvalue weighted by Crippen LogP contribution is 1.72. The minimum Gasteiger partial charge on any atom is -0.353 e. The van der Waals surface area contributed by atoms with E-state index < -0.39 is 0 Å². The Labute approximate surface area is 76.0 Å². The third kappa shape index (κ3) is 5.73. The minimum absolute atomic E-state index is 0.0601. The van der Waals surface area contributed by atoms with E-state index in [1.54, 1.807) is 0 Å². The first-order valence-corrected chi connectivity index (χ1v) is 3.97. The zero-order valence-corrected chi connectivity index (χ0v) is 7.36. The molecule has 12 heavy (non-hydrogen) atoms. The molecule has 2 amide bonds. The number of hydrogen-bond donors (Lipinski definition) is 2. The number of amides is 2. The van der Waals surface area contributed by atoms with Gasteiger partial charge in [-0.3, -0.25) is 9.59 Å². The van der Waals surface area contributed by atoms with Gasteiger partial charge in [0.05, 0.1) is 0 Å². The molecule has 0 fully saturated rings. The van der Waals surface area contributed by atoms with Crippen LogP contribution in [0.25, 0.3) is 0 Å². The first kappa shape index (κ1) is 11.0. The Kier molecular flexibility index (Phi) is 6.09. The average Bonchev–Trinajstić information content (AvgIpc) is 2.11. The Morgan fingerprint density at radius 3 is 2.42 bits per heavy atom. The Hall–Kier alpha value is -1.03. The lowest BCUT2D eigenvalue weighted by Gasteiger charge is -2.02. The SMILES string of the molecule is C=CC(=O)NCCNC(=O)CCl. The van der Waals surface area contributed by atoms with Gasteiger partial charge < -0.3 is 10.6 Å². The van der Waals surface area contributed by atoms with Gasteiger partial charge in [-0.2, -0.15) is 0 Å². The van der Waals surface area contributed by atoms with Gasteiger partial charge in [0.25, 0.3) is 0 Å². The van der Waals surface area contributed by atoms with Crippen molar-refractivity contribution >= 4 is 23.4 Å². The fraction of sp³-hybridized carbons (Fsp3) is 0.429. The third-order valence-electron chi connectivity index (χ3n) is 1.05. The highest BCUT2D eigenvalue weighted by molar-refractivity contribution is 6.27. The van der Waals surface area contributed by atoms with Crippen molar-refractivity contribution in [3.05, 3.63) is 12.7 Å². The number of alkyl halides is 1. The van der Waals surface area contributed by atoms with Gasteiger partial charge in [0.2, 0.25) is 11.8 Å². The van der Waals surface area contributed by atoms with Crippen molar-refractivity contribution in [2.75, 3.05) is 19.0 Å². The van der Waals surface area contributed by atoms with E-state index in [1.165, 1.54) is 6.08 Å². The first-order valence-electron chi connectivity index (χ1n) is 3.43. The predicted molar refractivity (Wildman–Crippen MR) is 46.9 cm³/mol. The van der Waals surface area contributed by atoms with Gasteiger partial charge in [0, 0.05) is 13.1 Å². The quantitative estimate of drug-likeness (QED) is 0.354. The molecule has 0 aliphatic carbocycles. The fourth-order valence-electron chi connectivity index (χ4n) is 0.507. The van der Waals surface area contributed by atoms with Crippen molar-refractivity contribution in [3.63, 3.8) is 0 Å². The molecule has 5 heteroatoms. The van der Waals surface area contributed by atoms with E-state index in [2.05, 4.69) is 17.2 Å². The molecular weight excluding hydrogens is 180 g/mol. The van der Waals surface area contributed by atoms with Crippen LogP contribution in [0, 0.1) is 0 Å². The van der Waals surface area contributed by atoms with E-state index in [9.17, 15) is 9.59 Å². The van der Waals surface area contributed by atoms with Crippen LogP contribution in [0.4, 0.5) is 0 Å². The van der Waals surface area contributed by atoms with Crippen LogP contribution in [0.1, 0.15) is 0 Å². The summed E-state index contributed by atoms with van der Waals surface area (Å²) in [5.74, 6) is -0.560. The van der Waals surface area contributed by atoms with Crippen molar-refractivity contribution < 1.29 is 9.59 Å². The van der Waals surface area contributed by atoms with Gasteiger partial charge in [0.1, 0.15) is 5.88 Å². The molecule has 0 saturated carbocycles. The number of nitrogens with one attached hydrogen (secondary N) is 2. The fourth-order valence-corrected chi connectivity index (χ4v) is 0.602. The van der Waals surface area contributed by atoms with Gasteiger partial charge in [-0.15, -0.1) is 11.6 Å². The largest absolute Gasteiger partial charge is 0.353 e. The second-order valence-corrected chi connectivity index (χ2v) is 2.25. The molecule has 68 valence electrons. The standard InChI is InChI=1S/C7H11ClN2O2/c1-2-6(11)9-3-4-10-7(12)5-8/h2H,1,3-5H2,(H,9,11)(H,10,12). The lowest BCUT2D eigenvalue weighted by atomic mass is 10.5. The second-order valence-electron chi connectivity index (χ2n) is 1.98. The van der Waals surface area contributed by atoms with Crippen molar-refractivity contribution in [1.82, 2.24) is 10.6 Å². The summed E-state index contributed by atoms with van der Waals surface area (Å²) in [5, 5.41) is 4.99. The molecule has 0 radical (unpaired) electrons. The van der Waals surface area contributed by atoms with Crippen LogP contribution in [0.5, 0.6) is 0 Å². The first-order chi connectivity index (χ1) is 5.70. The van der Waals surface area contributed by atoms with E-state index in [1.807, 2.05) is 0 Å². The number of carbonyl (C=O) groups excluding carboxylic acids is 2. The normalized spacial score (nSPS) is 8.75. The Morgan fingerprint density at radius 2 is 1.92 bits per heavy atom. The summed E-state index contributed by atoms with van der Waals surface area (Å²) >= 11 is 5.21. The van der Waals surface area contributed by atoms with Crippen LogP contribution in [0.2, 0.25) is 0 Å². The van der Waals surface area contributed by atoms with Crippen LogP contribution in [-0.2, 0) is 9.59 Å². The average molecular weight is 191 g/mol. The van der Waals surface area contributed by atoms with E-state index in [-0.39, 0.29) is 17.7 Å². The maximum Gasteiger partial charge on any atom is 0.243 e. The number of halogens is 1. The monoisotopic (exact) mass is 190 g/mol. The molecule has 0 bridgehead atoms. The topological polar surface area (TPSA) is 58.2 Å². The molecule has 0 unspecified atom stereocenters. The molecule has 0 atom stereocenters. The molecule has 2 N–H and O–H groups in total. The smallest absolute Gasteiger partial charge is 0.243 e. The van der Waals surface area contributed by atoms with E-state index in [0.29, 0.717) is 13.1 Å². The Bertz CT molecular complexity index is 182. The molecule has 0 aromatic rings. The molecule has 0 saturated heterocycles. The Balaban J connectivity index is 3.27. The van der Waals surface area contributed by atoms with Crippen LogP contribution in [-0.4, -0.2) is 30.8 Å².